The summed E-state index contributed by atoms with van der Waals surface area (Å²) in [5.41, 5.74) is 0.520. The number of rotatable bonds is 1. The fourth-order valence-electron chi connectivity index (χ4n) is 1.90. The molecule has 2 rings (SSSR count). The lowest BCUT2D eigenvalue weighted by Gasteiger charge is -2.22. The number of carbonyl (C=O) groups excluding carboxylic acids is 1. The van der Waals surface area contributed by atoms with Crippen LogP contribution in [0.4, 0.5) is 10.1 Å². The zero-order valence-corrected chi connectivity index (χ0v) is 9.32. The maximum Gasteiger partial charge on any atom is 0.241 e. The van der Waals surface area contributed by atoms with Gasteiger partial charge in [-0.2, -0.15) is 0 Å². The Morgan fingerprint density at radius 1 is 1.25 bits per heavy atom. The monoisotopic (exact) mass is 222 g/mol. The summed E-state index contributed by atoms with van der Waals surface area (Å²) in [6.07, 6.45) is 0.872. The summed E-state index contributed by atoms with van der Waals surface area (Å²) >= 11 is 0. The van der Waals surface area contributed by atoms with Crippen molar-refractivity contribution in [2.45, 2.75) is 6.42 Å². The van der Waals surface area contributed by atoms with E-state index in [1.54, 1.807) is 35.0 Å². The number of hydrogen-bond acceptors (Lipinski definition) is 2. The normalized spacial score (nSPS) is 17.5. The predicted octanol–water partition coefficient (Wildman–Crippen LogP) is 1.49. The Balaban J connectivity index is 2.21. The minimum Gasteiger partial charge on any atom is -0.360 e. The summed E-state index contributed by atoms with van der Waals surface area (Å²) in [5, 5.41) is 0. The molecular weight excluding hydrogens is 207 g/mol. The molecule has 1 aliphatic heterocycles. The molecule has 0 unspecified atom stereocenters. The third kappa shape index (κ3) is 2.15. The molecule has 0 bridgehead atoms. The van der Waals surface area contributed by atoms with Crippen molar-refractivity contribution in [2.75, 3.05) is 31.6 Å². The van der Waals surface area contributed by atoms with E-state index >= 15 is 0 Å². The van der Waals surface area contributed by atoms with Gasteiger partial charge in [-0.3, -0.25) is 4.79 Å². The van der Waals surface area contributed by atoms with E-state index in [9.17, 15) is 9.18 Å². The number of para-hydroxylation sites is 1. The van der Waals surface area contributed by atoms with E-state index in [0.717, 1.165) is 19.5 Å². The first-order valence-corrected chi connectivity index (χ1v) is 5.42. The smallest absolute Gasteiger partial charge is 0.241 e. The SMILES string of the molecule is CN1CCCN(c2ccccc2F)CC1=O. The van der Waals surface area contributed by atoms with Gasteiger partial charge in [-0.15, -0.1) is 0 Å². The second kappa shape index (κ2) is 4.51. The summed E-state index contributed by atoms with van der Waals surface area (Å²) in [6, 6.07) is 6.59. The fourth-order valence-corrected chi connectivity index (χ4v) is 1.90. The summed E-state index contributed by atoms with van der Waals surface area (Å²) in [6.45, 7) is 1.72. The highest BCUT2D eigenvalue weighted by Crippen LogP contribution is 2.20. The number of amides is 1. The van der Waals surface area contributed by atoms with E-state index in [4.69, 9.17) is 0 Å². The Morgan fingerprint density at radius 3 is 2.75 bits per heavy atom. The van der Waals surface area contributed by atoms with E-state index in [-0.39, 0.29) is 18.3 Å². The lowest BCUT2D eigenvalue weighted by Crippen LogP contribution is -2.34. The van der Waals surface area contributed by atoms with Crippen molar-refractivity contribution in [3.63, 3.8) is 0 Å². The molecule has 1 aliphatic rings. The molecule has 0 aliphatic carbocycles. The molecule has 1 fully saturated rings. The van der Waals surface area contributed by atoms with Gasteiger partial charge in [0.2, 0.25) is 5.91 Å². The molecule has 3 nitrogen and oxygen atoms in total. The summed E-state index contributed by atoms with van der Waals surface area (Å²) in [4.78, 5) is 15.2. The molecule has 1 aromatic rings. The van der Waals surface area contributed by atoms with Gasteiger partial charge in [0.15, 0.2) is 0 Å². The van der Waals surface area contributed by atoms with Crippen molar-refractivity contribution in [1.82, 2.24) is 4.90 Å². The highest BCUT2D eigenvalue weighted by Gasteiger charge is 2.20. The Hall–Kier alpha value is -1.58. The van der Waals surface area contributed by atoms with Crippen LogP contribution in [0.3, 0.4) is 0 Å². The van der Waals surface area contributed by atoms with Crippen LogP contribution in [-0.2, 0) is 4.79 Å². The van der Waals surface area contributed by atoms with Crippen LogP contribution in [-0.4, -0.2) is 37.5 Å². The van der Waals surface area contributed by atoms with Crippen molar-refractivity contribution in [3.8, 4) is 0 Å². The molecule has 1 amide bonds. The first-order valence-electron chi connectivity index (χ1n) is 5.42. The van der Waals surface area contributed by atoms with Crippen LogP contribution in [0.5, 0.6) is 0 Å². The number of likely N-dealkylation sites (N-methyl/N-ethyl adjacent to an activating group) is 1. The van der Waals surface area contributed by atoms with Gasteiger partial charge >= 0.3 is 0 Å². The van der Waals surface area contributed by atoms with Crippen LogP contribution in [0.25, 0.3) is 0 Å². The van der Waals surface area contributed by atoms with Crippen LogP contribution in [0.15, 0.2) is 24.3 Å². The number of benzene rings is 1. The number of anilines is 1. The minimum absolute atomic E-state index is 0.0424. The second-order valence-corrected chi connectivity index (χ2v) is 4.04. The molecule has 1 heterocycles. The van der Waals surface area contributed by atoms with Crippen molar-refractivity contribution in [1.29, 1.82) is 0 Å². The van der Waals surface area contributed by atoms with Crippen molar-refractivity contribution in [2.24, 2.45) is 0 Å². The second-order valence-electron chi connectivity index (χ2n) is 4.04. The highest BCUT2D eigenvalue weighted by atomic mass is 19.1. The zero-order chi connectivity index (χ0) is 11.5. The number of halogens is 1. The third-order valence-electron chi connectivity index (χ3n) is 2.87. The molecular formula is C12H15FN2O. The molecule has 16 heavy (non-hydrogen) atoms. The van der Waals surface area contributed by atoms with Crippen LogP contribution in [0.2, 0.25) is 0 Å². The number of carbonyl (C=O) groups is 1. The Labute approximate surface area is 94.5 Å². The molecule has 1 saturated heterocycles. The maximum atomic E-state index is 13.6. The maximum absolute atomic E-state index is 13.6. The molecule has 86 valence electrons. The van der Waals surface area contributed by atoms with Gasteiger partial charge in [-0.1, -0.05) is 12.1 Å². The highest BCUT2D eigenvalue weighted by molar-refractivity contribution is 5.81. The minimum atomic E-state index is -0.264. The van der Waals surface area contributed by atoms with E-state index in [1.165, 1.54) is 6.07 Å². The molecule has 0 saturated carbocycles. The van der Waals surface area contributed by atoms with Gasteiger partial charge in [-0.25, -0.2) is 4.39 Å². The fraction of sp³-hybridized carbons (Fsp3) is 0.417. The molecule has 4 heteroatoms. The quantitative estimate of drug-likeness (QED) is 0.718. The standard InChI is InChI=1S/C12H15FN2O/c1-14-7-4-8-15(9-12(14)16)11-6-3-2-5-10(11)13/h2-3,5-6H,4,7-9H2,1H3. The van der Waals surface area contributed by atoms with E-state index in [2.05, 4.69) is 0 Å². The molecule has 0 N–H and O–H groups in total. The Kier molecular flexibility index (Phi) is 3.08. The molecule has 0 radical (unpaired) electrons. The van der Waals surface area contributed by atoms with Gasteiger partial charge in [0, 0.05) is 20.1 Å². The summed E-state index contributed by atoms with van der Waals surface area (Å²) in [7, 11) is 1.78. The number of hydrogen-bond donors (Lipinski definition) is 0. The number of nitrogens with zero attached hydrogens (tertiary/aromatic N) is 2. The van der Waals surface area contributed by atoms with E-state index in [1.807, 2.05) is 0 Å². The zero-order valence-electron chi connectivity index (χ0n) is 9.32. The average Bonchev–Trinajstić information content (AvgIpc) is 2.43. The molecule has 0 spiro atoms. The van der Waals surface area contributed by atoms with Gasteiger partial charge in [0.25, 0.3) is 0 Å². The first-order chi connectivity index (χ1) is 7.68. The molecule has 0 atom stereocenters. The lowest BCUT2D eigenvalue weighted by atomic mass is 10.2. The molecule has 0 aromatic heterocycles. The van der Waals surface area contributed by atoms with Gasteiger partial charge < -0.3 is 9.80 Å². The summed E-state index contributed by atoms with van der Waals surface area (Å²) in [5.74, 6) is -0.222. The topological polar surface area (TPSA) is 23.6 Å². The largest absolute Gasteiger partial charge is 0.360 e. The average molecular weight is 222 g/mol. The van der Waals surface area contributed by atoms with Crippen molar-refractivity contribution in [3.05, 3.63) is 30.1 Å². The van der Waals surface area contributed by atoms with Crippen LogP contribution in [0, 0.1) is 5.82 Å². The summed E-state index contributed by atoms with van der Waals surface area (Å²) < 4.78 is 13.6. The van der Waals surface area contributed by atoms with E-state index in [0.29, 0.717) is 5.69 Å². The molecule has 1 aromatic carbocycles. The lowest BCUT2D eigenvalue weighted by molar-refractivity contribution is -0.127. The Morgan fingerprint density at radius 2 is 2.00 bits per heavy atom. The van der Waals surface area contributed by atoms with Crippen LogP contribution in [0.1, 0.15) is 6.42 Å². The first kappa shape index (κ1) is 10.9. The Bertz CT molecular complexity index is 394. The van der Waals surface area contributed by atoms with Crippen molar-refractivity contribution < 1.29 is 9.18 Å². The van der Waals surface area contributed by atoms with Crippen LogP contribution < -0.4 is 4.90 Å². The predicted molar refractivity (Wildman–Crippen MR) is 60.9 cm³/mol. The van der Waals surface area contributed by atoms with Gasteiger partial charge in [0.05, 0.1) is 12.2 Å². The van der Waals surface area contributed by atoms with Crippen molar-refractivity contribution >= 4 is 11.6 Å². The van der Waals surface area contributed by atoms with Gasteiger partial charge in [-0.05, 0) is 18.6 Å². The van der Waals surface area contributed by atoms with Gasteiger partial charge in [0.1, 0.15) is 5.82 Å². The van der Waals surface area contributed by atoms with Crippen LogP contribution >= 0.6 is 0 Å². The van der Waals surface area contributed by atoms with E-state index < -0.39 is 0 Å². The third-order valence-corrected chi connectivity index (χ3v) is 2.87.